The molecule has 3 rings (SSSR count). The number of aromatic nitrogens is 2. The Labute approximate surface area is 158 Å². The predicted molar refractivity (Wildman–Crippen MR) is 105 cm³/mol. The summed E-state index contributed by atoms with van der Waals surface area (Å²) in [5.74, 6) is 1.07. The van der Waals surface area contributed by atoms with E-state index in [9.17, 15) is 0 Å². The van der Waals surface area contributed by atoms with E-state index in [1.54, 1.807) is 12.1 Å². The van der Waals surface area contributed by atoms with E-state index in [-0.39, 0.29) is 0 Å². The number of halogens is 2. The maximum atomic E-state index is 6.38. The summed E-state index contributed by atoms with van der Waals surface area (Å²) in [7, 11) is 1.98. The number of benzene rings is 2. The molecule has 3 aromatic rings. The average Bonchev–Trinajstić information content (AvgIpc) is 2.93. The van der Waals surface area contributed by atoms with Gasteiger partial charge < -0.3 is 4.74 Å². The fourth-order valence-electron chi connectivity index (χ4n) is 3.24. The first-order chi connectivity index (χ1) is 12.0. The smallest absolute Gasteiger partial charge is 0.302 e. The third kappa shape index (κ3) is 3.23. The topological polar surface area (TPSA) is 27.1 Å². The van der Waals surface area contributed by atoms with E-state index in [1.807, 2.05) is 24.6 Å². The van der Waals surface area contributed by atoms with Gasteiger partial charge in [0.2, 0.25) is 0 Å². The van der Waals surface area contributed by atoms with Crippen LogP contribution in [0.4, 0.5) is 0 Å². The molecule has 0 saturated carbocycles. The molecule has 0 fully saturated rings. The summed E-state index contributed by atoms with van der Waals surface area (Å²) in [6.45, 7) is 6.31. The summed E-state index contributed by atoms with van der Waals surface area (Å²) in [5, 5.41) is 1.14. The fourth-order valence-corrected chi connectivity index (χ4v) is 3.65. The number of para-hydroxylation sites is 1. The molecule has 0 aliphatic heterocycles. The molecule has 0 radical (unpaired) electrons. The maximum Gasteiger partial charge on any atom is 0.302 e. The first-order valence-electron chi connectivity index (χ1n) is 8.55. The van der Waals surface area contributed by atoms with Gasteiger partial charge in [-0.25, -0.2) is 0 Å². The van der Waals surface area contributed by atoms with Crippen LogP contribution in [0.2, 0.25) is 10.0 Å². The van der Waals surface area contributed by atoms with Crippen molar-refractivity contribution in [2.75, 3.05) is 0 Å². The monoisotopic (exact) mass is 376 g/mol. The highest BCUT2D eigenvalue weighted by Gasteiger charge is 2.18. The molecule has 0 unspecified atom stereocenters. The van der Waals surface area contributed by atoms with Crippen LogP contribution in [0.15, 0.2) is 30.3 Å². The third-order valence-electron chi connectivity index (χ3n) is 4.80. The predicted octanol–water partition coefficient (Wildman–Crippen LogP) is 6.88. The van der Waals surface area contributed by atoms with Gasteiger partial charge >= 0.3 is 6.01 Å². The lowest BCUT2D eigenvalue weighted by Crippen LogP contribution is -2.01. The molecule has 25 heavy (non-hydrogen) atoms. The number of ether oxygens (including phenoxy) is 1. The van der Waals surface area contributed by atoms with Gasteiger partial charge in [0.1, 0.15) is 5.75 Å². The molecule has 5 heteroatoms. The molecular formula is C20H22Cl2N2O. The quantitative estimate of drug-likeness (QED) is 0.484. The molecule has 1 aromatic heterocycles. The number of aryl methyl sites for hydroxylation is 1. The van der Waals surface area contributed by atoms with Crippen LogP contribution in [-0.2, 0) is 7.05 Å². The highest BCUT2D eigenvalue weighted by molar-refractivity contribution is 6.36. The van der Waals surface area contributed by atoms with Gasteiger partial charge in [-0.05, 0) is 55.0 Å². The van der Waals surface area contributed by atoms with Crippen molar-refractivity contribution in [1.29, 1.82) is 0 Å². The Bertz CT molecular complexity index is 914. The molecule has 0 N–H and O–H groups in total. The fraction of sp³-hybridized carbons (Fsp3) is 0.350. The minimum Gasteiger partial charge on any atom is -0.424 e. The van der Waals surface area contributed by atoms with Gasteiger partial charge in [0.15, 0.2) is 0 Å². The molecule has 1 heterocycles. The number of hydrogen-bond acceptors (Lipinski definition) is 2. The van der Waals surface area contributed by atoms with Crippen LogP contribution >= 0.6 is 23.2 Å². The van der Waals surface area contributed by atoms with E-state index in [1.165, 1.54) is 5.56 Å². The van der Waals surface area contributed by atoms with Crippen molar-refractivity contribution in [3.63, 3.8) is 0 Å². The second kappa shape index (κ2) is 7.27. The molecule has 2 aromatic carbocycles. The minimum absolute atomic E-state index is 0.508. The van der Waals surface area contributed by atoms with E-state index in [4.69, 9.17) is 27.9 Å². The molecule has 0 saturated heterocycles. The van der Waals surface area contributed by atoms with Crippen LogP contribution in [-0.4, -0.2) is 9.55 Å². The second-order valence-electron chi connectivity index (χ2n) is 6.27. The number of nitrogens with zero attached hydrogens (tertiary/aromatic N) is 2. The van der Waals surface area contributed by atoms with Gasteiger partial charge in [0, 0.05) is 12.1 Å². The van der Waals surface area contributed by atoms with Crippen LogP contribution in [0.5, 0.6) is 11.8 Å². The third-order valence-corrected chi connectivity index (χ3v) is 5.68. The number of imidazole rings is 1. The first kappa shape index (κ1) is 18.1. The Morgan fingerprint density at radius 3 is 2.52 bits per heavy atom. The Kier molecular flexibility index (Phi) is 5.26. The number of rotatable bonds is 5. The van der Waals surface area contributed by atoms with Gasteiger partial charge in [-0.3, -0.25) is 4.57 Å². The van der Waals surface area contributed by atoms with Crippen molar-refractivity contribution in [2.24, 2.45) is 7.05 Å². The lowest BCUT2D eigenvalue weighted by Gasteiger charge is -2.15. The van der Waals surface area contributed by atoms with Crippen molar-refractivity contribution < 1.29 is 4.74 Å². The lowest BCUT2D eigenvalue weighted by molar-refractivity contribution is 0.427. The molecule has 0 spiro atoms. The van der Waals surface area contributed by atoms with Crippen LogP contribution < -0.4 is 4.74 Å². The van der Waals surface area contributed by atoms with Gasteiger partial charge in [0.05, 0.1) is 16.1 Å². The highest BCUT2D eigenvalue weighted by Crippen LogP contribution is 2.37. The van der Waals surface area contributed by atoms with Crippen molar-refractivity contribution in [2.45, 2.75) is 39.5 Å². The van der Waals surface area contributed by atoms with Crippen molar-refractivity contribution in [3.05, 3.63) is 51.5 Å². The molecule has 0 aliphatic rings. The maximum absolute atomic E-state index is 6.38. The number of hydrogen-bond donors (Lipinski definition) is 0. The summed E-state index contributed by atoms with van der Waals surface area (Å²) in [5.41, 5.74) is 4.17. The van der Waals surface area contributed by atoms with E-state index in [0.717, 1.165) is 29.4 Å². The van der Waals surface area contributed by atoms with Gasteiger partial charge in [0.25, 0.3) is 0 Å². The van der Waals surface area contributed by atoms with E-state index in [0.29, 0.717) is 27.7 Å². The largest absolute Gasteiger partial charge is 0.424 e. The summed E-state index contributed by atoms with van der Waals surface area (Å²) < 4.78 is 8.03. The number of fused-ring (bicyclic) bond motifs is 1. The standard InChI is InChI=1S/C20H22Cl2N2O/c1-5-13(6-2)14-8-7-9-16-19(14)24(4)20(23-16)25-17-11-10-15(21)12(3)18(17)22/h7-11,13H,5-6H2,1-4H3. The zero-order chi connectivity index (χ0) is 18.1. The highest BCUT2D eigenvalue weighted by atomic mass is 35.5. The Hall–Kier alpha value is -1.71. The van der Waals surface area contributed by atoms with Gasteiger partial charge in [-0.15, -0.1) is 0 Å². The molecule has 0 atom stereocenters. The van der Waals surface area contributed by atoms with E-state index >= 15 is 0 Å². The summed E-state index contributed by atoms with van der Waals surface area (Å²) in [6.07, 6.45) is 2.19. The Morgan fingerprint density at radius 1 is 1.12 bits per heavy atom. The van der Waals surface area contributed by atoms with E-state index < -0.39 is 0 Å². The summed E-state index contributed by atoms with van der Waals surface area (Å²) in [6, 6.07) is 10.4. The average molecular weight is 377 g/mol. The van der Waals surface area contributed by atoms with Crippen LogP contribution in [0.1, 0.15) is 43.7 Å². The van der Waals surface area contributed by atoms with Gasteiger partial charge in [-0.2, -0.15) is 4.98 Å². The molecule has 0 bridgehead atoms. The lowest BCUT2D eigenvalue weighted by atomic mass is 9.93. The normalized spacial score (nSPS) is 11.5. The van der Waals surface area contributed by atoms with E-state index in [2.05, 4.69) is 31.0 Å². The van der Waals surface area contributed by atoms with Crippen molar-refractivity contribution in [3.8, 4) is 11.8 Å². The molecule has 3 nitrogen and oxygen atoms in total. The second-order valence-corrected chi connectivity index (χ2v) is 7.05. The zero-order valence-electron chi connectivity index (χ0n) is 14.9. The molecule has 132 valence electrons. The SMILES string of the molecule is CCC(CC)c1cccc2nc(Oc3ccc(Cl)c(C)c3Cl)n(C)c12. The van der Waals surface area contributed by atoms with Crippen molar-refractivity contribution in [1.82, 2.24) is 9.55 Å². The van der Waals surface area contributed by atoms with Crippen LogP contribution in [0, 0.1) is 6.92 Å². The zero-order valence-corrected chi connectivity index (χ0v) is 16.4. The summed E-state index contributed by atoms with van der Waals surface area (Å²) >= 11 is 12.5. The van der Waals surface area contributed by atoms with Crippen LogP contribution in [0.25, 0.3) is 11.0 Å². The van der Waals surface area contributed by atoms with Crippen LogP contribution in [0.3, 0.4) is 0 Å². The van der Waals surface area contributed by atoms with Gasteiger partial charge in [-0.1, -0.05) is 49.2 Å². The Balaban J connectivity index is 2.09. The molecule has 0 aliphatic carbocycles. The molecule has 0 amide bonds. The molecular weight excluding hydrogens is 355 g/mol. The minimum atomic E-state index is 0.508. The first-order valence-corrected chi connectivity index (χ1v) is 9.31. The summed E-state index contributed by atoms with van der Waals surface area (Å²) in [4.78, 5) is 4.66. The Morgan fingerprint density at radius 2 is 1.84 bits per heavy atom. The van der Waals surface area contributed by atoms with Crippen molar-refractivity contribution >= 4 is 34.2 Å².